The van der Waals surface area contributed by atoms with E-state index in [1.54, 1.807) is 52.8 Å². The zero-order chi connectivity index (χ0) is 21.3. The van der Waals surface area contributed by atoms with Gasteiger partial charge in [0, 0.05) is 13.1 Å². The summed E-state index contributed by atoms with van der Waals surface area (Å²) in [6, 6.07) is 8.19. The van der Waals surface area contributed by atoms with Crippen LogP contribution in [-0.2, 0) is 20.0 Å². The van der Waals surface area contributed by atoms with Crippen molar-refractivity contribution in [2.75, 3.05) is 17.8 Å². The molecule has 154 valence electrons. The van der Waals surface area contributed by atoms with Crippen LogP contribution in [0.3, 0.4) is 0 Å². The van der Waals surface area contributed by atoms with Gasteiger partial charge in [-0.05, 0) is 68.1 Å². The fraction of sp³-hybridized carbons (Fsp3) is 0.400. The quantitative estimate of drug-likeness (QED) is 0.734. The van der Waals surface area contributed by atoms with E-state index in [1.165, 1.54) is 10.4 Å². The van der Waals surface area contributed by atoms with Crippen molar-refractivity contribution in [1.29, 1.82) is 0 Å². The third-order valence-corrected chi connectivity index (χ3v) is 8.40. The van der Waals surface area contributed by atoms with E-state index in [0.717, 1.165) is 5.56 Å². The van der Waals surface area contributed by atoms with Crippen LogP contribution in [0.15, 0.2) is 40.1 Å². The maximum atomic E-state index is 13.0. The Kier molecular flexibility index (Phi) is 6.58. The first-order valence-electron chi connectivity index (χ1n) is 9.15. The van der Waals surface area contributed by atoms with E-state index < -0.39 is 20.0 Å². The molecule has 0 saturated carbocycles. The van der Waals surface area contributed by atoms with Gasteiger partial charge in [-0.25, -0.2) is 16.8 Å². The molecule has 0 aliphatic rings. The minimum Gasteiger partial charge on any atom is -0.279 e. The van der Waals surface area contributed by atoms with Gasteiger partial charge in [-0.2, -0.15) is 4.31 Å². The Morgan fingerprint density at radius 3 is 2.04 bits per heavy atom. The minimum atomic E-state index is -3.86. The molecule has 0 fully saturated rings. The molecule has 2 aromatic rings. The highest BCUT2D eigenvalue weighted by molar-refractivity contribution is 7.92. The van der Waals surface area contributed by atoms with Crippen molar-refractivity contribution >= 4 is 25.7 Å². The van der Waals surface area contributed by atoms with Crippen LogP contribution < -0.4 is 4.72 Å². The maximum absolute atomic E-state index is 13.0. The summed E-state index contributed by atoms with van der Waals surface area (Å²) < 4.78 is 55.7. The van der Waals surface area contributed by atoms with Gasteiger partial charge in [0.1, 0.15) is 0 Å². The normalized spacial score (nSPS) is 12.4. The molecule has 6 nitrogen and oxygen atoms in total. The molecule has 0 heterocycles. The summed E-state index contributed by atoms with van der Waals surface area (Å²) in [4.78, 5) is 0.263. The molecule has 0 atom stereocenters. The van der Waals surface area contributed by atoms with E-state index in [0.29, 0.717) is 29.8 Å². The molecule has 0 saturated heterocycles. The summed E-state index contributed by atoms with van der Waals surface area (Å²) in [7, 11) is -7.56. The van der Waals surface area contributed by atoms with Crippen LogP contribution in [-0.4, -0.2) is 34.2 Å². The molecule has 2 rings (SSSR count). The van der Waals surface area contributed by atoms with Gasteiger partial charge in [0.2, 0.25) is 10.0 Å². The third-order valence-electron chi connectivity index (χ3n) is 4.86. The van der Waals surface area contributed by atoms with Gasteiger partial charge >= 0.3 is 0 Å². The molecular formula is C20H28N2O4S2. The number of anilines is 1. The molecule has 0 amide bonds. The smallest absolute Gasteiger partial charge is 0.262 e. The molecular weight excluding hydrogens is 396 g/mol. The van der Waals surface area contributed by atoms with Crippen LogP contribution in [0.1, 0.15) is 36.1 Å². The first-order valence-corrected chi connectivity index (χ1v) is 12.1. The van der Waals surface area contributed by atoms with E-state index in [-0.39, 0.29) is 15.5 Å². The van der Waals surface area contributed by atoms with Crippen LogP contribution in [0.5, 0.6) is 0 Å². The molecule has 8 heteroatoms. The number of hydrogen-bond donors (Lipinski definition) is 1. The van der Waals surface area contributed by atoms with E-state index in [1.807, 2.05) is 13.0 Å². The Morgan fingerprint density at radius 2 is 1.46 bits per heavy atom. The van der Waals surface area contributed by atoms with Crippen molar-refractivity contribution in [2.24, 2.45) is 0 Å². The first kappa shape index (κ1) is 22.4. The minimum absolute atomic E-state index is 0.0814. The van der Waals surface area contributed by atoms with Crippen molar-refractivity contribution in [3.63, 3.8) is 0 Å². The van der Waals surface area contributed by atoms with Gasteiger partial charge in [0.05, 0.1) is 15.5 Å². The molecule has 0 aliphatic heterocycles. The highest BCUT2D eigenvalue weighted by atomic mass is 32.2. The highest BCUT2D eigenvalue weighted by Gasteiger charge is 2.25. The number of nitrogens with one attached hydrogen (secondary N) is 1. The Balaban J connectivity index is 2.58. The number of rotatable bonds is 7. The molecule has 0 unspecified atom stereocenters. The summed E-state index contributed by atoms with van der Waals surface area (Å²) in [5.74, 6) is 0. The van der Waals surface area contributed by atoms with Crippen molar-refractivity contribution in [3.05, 3.63) is 52.6 Å². The van der Waals surface area contributed by atoms with E-state index >= 15 is 0 Å². The lowest BCUT2D eigenvalue weighted by Gasteiger charge is -2.21. The van der Waals surface area contributed by atoms with Crippen LogP contribution in [0.25, 0.3) is 0 Å². The topological polar surface area (TPSA) is 83.6 Å². The molecule has 0 bridgehead atoms. The third kappa shape index (κ3) is 4.39. The van der Waals surface area contributed by atoms with E-state index in [2.05, 4.69) is 4.72 Å². The summed E-state index contributed by atoms with van der Waals surface area (Å²) in [5.41, 5.74) is 3.11. The lowest BCUT2D eigenvalue weighted by molar-refractivity contribution is 0.445. The van der Waals surface area contributed by atoms with Gasteiger partial charge in [0.25, 0.3) is 10.0 Å². The van der Waals surface area contributed by atoms with Gasteiger partial charge in [-0.3, -0.25) is 4.72 Å². The summed E-state index contributed by atoms with van der Waals surface area (Å²) in [6.45, 7) is 11.3. The number of hydrogen-bond acceptors (Lipinski definition) is 4. The van der Waals surface area contributed by atoms with Gasteiger partial charge in [-0.1, -0.05) is 26.0 Å². The molecule has 28 heavy (non-hydrogen) atoms. The summed E-state index contributed by atoms with van der Waals surface area (Å²) >= 11 is 0. The Labute approximate surface area is 168 Å². The fourth-order valence-electron chi connectivity index (χ4n) is 2.99. The number of nitrogens with zero attached hydrogens (tertiary/aromatic N) is 1. The molecule has 2 aromatic carbocycles. The maximum Gasteiger partial charge on any atom is 0.262 e. The van der Waals surface area contributed by atoms with Crippen LogP contribution >= 0.6 is 0 Å². The van der Waals surface area contributed by atoms with Crippen molar-refractivity contribution in [3.8, 4) is 0 Å². The number of aryl methyl sites for hydroxylation is 3. The van der Waals surface area contributed by atoms with E-state index in [4.69, 9.17) is 0 Å². The summed E-state index contributed by atoms with van der Waals surface area (Å²) in [5, 5.41) is 0. The number of benzene rings is 2. The molecule has 0 radical (unpaired) electrons. The predicted octanol–water partition coefficient (Wildman–Crippen LogP) is 3.75. The number of sulfonamides is 2. The monoisotopic (exact) mass is 424 g/mol. The van der Waals surface area contributed by atoms with Crippen molar-refractivity contribution < 1.29 is 16.8 Å². The van der Waals surface area contributed by atoms with E-state index in [9.17, 15) is 16.8 Å². The van der Waals surface area contributed by atoms with Crippen LogP contribution in [0, 0.1) is 27.7 Å². The first-order chi connectivity index (χ1) is 12.9. The largest absolute Gasteiger partial charge is 0.279 e. The van der Waals surface area contributed by atoms with Crippen molar-refractivity contribution in [2.45, 2.75) is 51.3 Å². The predicted molar refractivity (Wildman–Crippen MR) is 113 cm³/mol. The van der Waals surface area contributed by atoms with Gasteiger partial charge in [0.15, 0.2) is 0 Å². The average Bonchev–Trinajstić information content (AvgIpc) is 2.61. The second-order valence-electron chi connectivity index (χ2n) is 6.88. The van der Waals surface area contributed by atoms with Crippen molar-refractivity contribution in [1.82, 2.24) is 4.31 Å². The molecule has 0 aliphatic carbocycles. The average molecular weight is 425 g/mol. The molecule has 0 aromatic heterocycles. The summed E-state index contributed by atoms with van der Waals surface area (Å²) in [6.07, 6.45) is 0. The standard InChI is InChI=1S/C20H28N2O4S2/c1-7-22(8-2)28(25,26)18-12-16(5)17(6)19(13-18)21-27(23,24)20-11-14(3)9-10-15(20)4/h9-13,21H,7-8H2,1-6H3. The highest BCUT2D eigenvalue weighted by Crippen LogP contribution is 2.29. The van der Waals surface area contributed by atoms with Crippen LogP contribution in [0.4, 0.5) is 5.69 Å². The molecule has 1 N–H and O–H groups in total. The Morgan fingerprint density at radius 1 is 0.857 bits per heavy atom. The lowest BCUT2D eigenvalue weighted by Crippen LogP contribution is -2.30. The second kappa shape index (κ2) is 8.23. The van der Waals surface area contributed by atoms with Crippen LogP contribution in [0.2, 0.25) is 0 Å². The zero-order valence-electron chi connectivity index (χ0n) is 17.2. The SMILES string of the molecule is CCN(CC)S(=O)(=O)c1cc(C)c(C)c(NS(=O)(=O)c2cc(C)ccc2C)c1. The Bertz CT molecular complexity index is 1090. The fourth-order valence-corrected chi connectivity index (χ4v) is 6.01. The molecule has 0 spiro atoms. The van der Waals surface area contributed by atoms with Gasteiger partial charge < -0.3 is 0 Å². The van der Waals surface area contributed by atoms with Gasteiger partial charge in [-0.15, -0.1) is 0 Å². The Hall–Kier alpha value is -1.90. The lowest BCUT2D eigenvalue weighted by atomic mass is 10.1. The second-order valence-corrected chi connectivity index (χ2v) is 10.5. The zero-order valence-corrected chi connectivity index (χ0v) is 18.8.